The lowest BCUT2D eigenvalue weighted by atomic mass is 9.84. The van der Waals surface area contributed by atoms with Gasteiger partial charge in [-0.2, -0.15) is 0 Å². The van der Waals surface area contributed by atoms with Crippen molar-refractivity contribution in [3.8, 4) is 0 Å². The van der Waals surface area contributed by atoms with Crippen molar-refractivity contribution in [3.63, 3.8) is 0 Å². The number of aromatic nitrogens is 1. The van der Waals surface area contributed by atoms with Crippen molar-refractivity contribution < 1.29 is 13.9 Å². The highest BCUT2D eigenvalue weighted by molar-refractivity contribution is 5.18. The summed E-state index contributed by atoms with van der Waals surface area (Å²) in [7, 11) is 0. The average Bonchev–Trinajstić information content (AvgIpc) is 2.61. The summed E-state index contributed by atoms with van der Waals surface area (Å²) < 4.78 is 26.0. The number of ether oxygens (including phenoxy) is 2. The lowest BCUT2D eigenvalue weighted by molar-refractivity contribution is -0.200. The highest BCUT2D eigenvalue weighted by atomic mass is 19.1. The van der Waals surface area contributed by atoms with Crippen molar-refractivity contribution in [2.75, 3.05) is 19.7 Å². The number of hydrogen-bond donors (Lipinski definition) is 0. The fourth-order valence-electron chi connectivity index (χ4n) is 3.98. The molecule has 0 saturated carbocycles. The van der Waals surface area contributed by atoms with Gasteiger partial charge in [-0.05, 0) is 31.5 Å². The van der Waals surface area contributed by atoms with Crippen LogP contribution in [0.4, 0.5) is 4.39 Å². The summed E-state index contributed by atoms with van der Waals surface area (Å²) in [6.07, 6.45) is 2.01. The van der Waals surface area contributed by atoms with E-state index in [1.807, 2.05) is 37.3 Å². The molecule has 1 atom stereocenters. The van der Waals surface area contributed by atoms with Crippen molar-refractivity contribution in [3.05, 3.63) is 65.2 Å². The molecule has 0 radical (unpaired) electrons. The smallest absolute Gasteiger partial charge is 0.127 e. The summed E-state index contributed by atoms with van der Waals surface area (Å²) in [4.78, 5) is 6.73. The zero-order chi connectivity index (χ0) is 18.0. The summed E-state index contributed by atoms with van der Waals surface area (Å²) in [6, 6.07) is 13.0. The molecule has 2 saturated heterocycles. The monoisotopic (exact) mass is 356 g/mol. The van der Waals surface area contributed by atoms with E-state index in [0.29, 0.717) is 13.2 Å². The third kappa shape index (κ3) is 3.95. The normalized spacial score (nSPS) is 22.3. The van der Waals surface area contributed by atoms with Crippen LogP contribution in [0.5, 0.6) is 0 Å². The molecule has 2 aromatic rings. The Balaban J connectivity index is 1.28. The first-order chi connectivity index (χ1) is 12.6. The summed E-state index contributed by atoms with van der Waals surface area (Å²) in [6.45, 7) is 5.57. The summed E-state index contributed by atoms with van der Waals surface area (Å²) >= 11 is 0. The van der Waals surface area contributed by atoms with E-state index < -0.39 is 0 Å². The highest BCUT2D eigenvalue weighted by Crippen LogP contribution is 2.36. The minimum absolute atomic E-state index is 0.131. The summed E-state index contributed by atoms with van der Waals surface area (Å²) in [5, 5.41) is 0. The maximum atomic E-state index is 13.8. The van der Waals surface area contributed by atoms with Gasteiger partial charge in [0.2, 0.25) is 0 Å². The van der Waals surface area contributed by atoms with Crippen LogP contribution in [0.15, 0.2) is 42.5 Å². The van der Waals surface area contributed by atoms with Gasteiger partial charge in [0.1, 0.15) is 5.82 Å². The van der Waals surface area contributed by atoms with Crippen LogP contribution < -0.4 is 0 Å². The molecule has 0 amide bonds. The molecule has 138 valence electrons. The SMILES string of the molecule is Cc1cccc(CO[C@H]2CCOC3(C2)CN(Cc2ccccc2F)C3)n1. The Morgan fingerprint density at radius 3 is 2.88 bits per heavy atom. The van der Waals surface area contributed by atoms with Crippen molar-refractivity contribution in [1.29, 1.82) is 0 Å². The molecule has 1 aromatic heterocycles. The van der Waals surface area contributed by atoms with Crippen LogP contribution in [-0.2, 0) is 22.6 Å². The minimum Gasteiger partial charge on any atom is -0.372 e. The molecule has 0 aliphatic carbocycles. The Morgan fingerprint density at radius 2 is 2.08 bits per heavy atom. The van der Waals surface area contributed by atoms with Gasteiger partial charge in [0.05, 0.1) is 24.0 Å². The Bertz CT molecular complexity index is 761. The third-order valence-electron chi connectivity index (χ3n) is 5.24. The summed E-state index contributed by atoms with van der Waals surface area (Å²) in [5.74, 6) is -0.134. The largest absolute Gasteiger partial charge is 0.372 e. The fourth-order valence-corrected chi connectivity index (χ4v) is 3.98. The number of hydrogen-bond acceptors (Lipinski definition) is 4. The number of aryl methyl sites for hydroxylation is 1. The van der Waals surface area contributed by atoms with Gasteiger partial charge >= 0.3 is 0 Å². The van der Waals surface area contributed by atoms with Gasteiger partial charge in [-0.25, -0.2) is 4.39 Å². The highest BCUT2D eigenvalue weighted by Gasteiger charge is 2.47. The van der Waals surface area contributed by atoms with Crippen LogP contribution in [0.3, 0.4) is 0 Å². The minimum atomic E-state index is -0.134. The number of benzene rings is 1. The molecular weight excluding hydrogens is 331 g/mol. The lowest BCUT2D eigenvalue weighted by Crippen LogP contribution is -2.65. The topological polar surface area (TPSA) is 34.6 Å². The van der Waals surface area contributed by atoms with Crippen molar-refractivity contribution in [2.24, 2.45) is 0 Å². The number of rotatable bonds is 5. The van der Waals surface area contributed by atoms with E-state index in [9.17, 15) is 4.39 Å². The molecule has 4 rings (SSSR count). The van der Waals surface area contributed by atoms with Crippen molar-refractivity contribution in [2.45, 2.75) is 44.6 Å². The Hall–Kier alpha value is -1.82. The number of nitrogens with zero attached hydrogens (tertiary/aromatic N) is 2. The van der Waals surface area contributed by atoms with Gasteiger partial charge in [-0.15, -0.1) is 0 Å². The molecule has 3 heterocycles. The maximum absolute atomic E-state index is 13.8. The molecule has 26 heavy (non-hydrogen) atoms. The molecule has 2 aliphatic rings. The first-order valence-corrected chi connectivity index (χ1v) is 9.26. The Morgan fingerprint density at radius 1 is 1.23 bits per heavy atom. The van der Waals surface area contributed by atoms with E-state index in [2.05, 4.69) is 9.88 Å². The zero-order valence-corrected chi connectivity index (χ0v) is 15.2. The van der Waals surface area contributed by atoms with Crippen LogP contribution in [0.2, 0.25) is 0 Å². The third-order valence-corrected chi connectivity index (χ3v) is 5.24. The first kappa shape index (κ1) is 17.6. The molecule has 4 nitrogen and oxygen atoms in total. The molecule has 2 aliphatic heterocycles. The average molecular weight is 356 g/mol. The lowest BCUT2D eigenvalue weighted by Gasteiger charge is -2.53. The molecule has 1 aromatic carbocycles. The maximum Gasteiger partial charge on any atom is 0.127 e. The number of halogens is 1. The van der Waals surface area contributed by atoms with Crippen LogP contribution in [0.1, 0.15) is 29.8 Å². The van der Waals surface area contributed by atoms with Gasteiger partial charge in [0, 0.05) is 43.9 Å². The van der Waals surface area contributed by atoms with Gasteiger partial charge in [0.25, 0.3) is 0 Å². The van der Waals surface area contributed by atoms with Gasteiger partial charge in [0.15, 0.2) is 0 Å². The van der Waals surface area contributed by atoms with Crippen LogP contribution in [-0.4, -0.2) is 41.3 Å². The second-order valence-electron chi connectivity index (χ2n) is 7.46. The van der Waals surface area contributed by atoms with E-state index in [1.54, 1.807) is 6.07 Å². The van der Waals surface area contributed by atoms with E-state index in [-0.39, 0.29) is 17.5 Å². The molecule has 1 spiro atoms. The Labute approximate surface area is 153 Å². The summed E-state index contributed by atoms with van der Waals surface area (Å²) in [5.41, 5.74) is 2.60. The van der Waals surface area contributed by atoms with Gasteiger partial charge in [-0.1, -0.05) is 24.3 Å². The van der Waals surface area contributed by atoms with Gasteiger partial charge < -0.3 is 9.47 Å². The molecule has 2 fully saturated rings. The predicted octanol–water partition coefficient (Wildman–Crippen LogP) is 3.48. The standard InChI is InChI=1S/C21H25FN2O2/c1-16-5-4-7-18(23-16)13-25-19-9-10-26-21(11-19)14-24(15-21)12-17-6-2-3-8-20(17)22/h2-8,19H,9-15H2,1H3/t19-/m0/s1. The van der Waals surface area contributed by atoms with Crippen LogP contribution in [0.25, 0.3) is 0 Å². The molecule has 5 heteroatoms. The van der Waals surface area contributed by atoms with E-state index in [1.165, 1.54) is 6.07 Å². The predicted molar refractivity (Wildman–Crippen MR) is 97.1 cm³/mol. The fraction of sp³-hybridized carbons (Fsp3) is 0.476. The molecule has 0 bridgehead atoms. The zero-order valence-electron chi connectivity index (χ0n) is 15.2. The second kappa shape index (κ2) is 7.43. The Kier molecular flexibility index (Phi) is 5.02. The number of likely N-dealkylation sites (tertiary alicyclic amines) is 1. The number of pyridine rings is 1. The van der Waals surface area contributed by atoms with Crippen LogP contribution >= 0.6 is 0 Å². The van der Waals surface area contributed by atoms with Gasteiger partial charge in [-0.3, -0.25) is 9.88 Å². The quantitative estimate of drug-likeness (QED) is 0.822. The van der Waals surface area contributed by atoms with Crippen molar-refractivity contribution >= 4 is 0 Å². The molecule has 0 unspecified atom stereocenters. The molecule has 0 N–H and O–H groups in total. The second-order valence-corrected chi connectivity index (χ2v) is 7.46. The first-order valence-electron chi connectivity index (χ1n) is 9.26. The van der Waals surface area contributed by atoms with Crippen LogP contribution in [0, 0.1) is 12.7 Å². The molecular formula is C21H25FN2O2. The van der Waals surface area contributed by atoms with E-state index >= 15 is 0 Å². The van der Waals surface area contributed by atoms with E-state index in [0.717, 1.165) is 49.5 Å². The van der Waals surface area contributed by atoms with Crippen molar-refractivity contribution in [1.82, 2.24) is 9.88 Å². The van der Waals surface area contributed by atoms with E-state index in [4.69, 9.17) is 9.47 Å².